The SMILES string of the molecule is CCCNC(=O)N1CC(=O)N2[C@H](CO)[C@H](c3ccc(-c4ccc(C)cc4)cc3)[C@@H]2C1. The lowest BCUT2D eigenvalue weighted by atomic mass is 9.73. The average molecular weight is 408 g/mol. The summed E-state index contributed by atoms with van der Waals surface area (Å²) >= 11 is 0. The van der Waals surface area contributed by atoms with Gasteiger partial charge in [-0.1, -0.05) is 61.0 Å². The Morgan fingerprint density at radius 2 is 1.73 bits per heavy atom. The Morgan fingerprint density at radius 1 is 1.10 bits per heavy atom. The van der Waals surface area contributed by atoms with Gasteiger partial charge in [0.15, 0.2) is 0 Å². The summed E-state index contributed by atoms with van der Waals surface area (Å²) in [6, 6.07) is 16.3. The number of carbonyl (C=O) groups is 2. The molecule has 6 nitrogen and oxygen atoms in total. The molecule has 2 aromatic carbocycles. The molecule has 3 amide bonds. The first kappa shape index (κ1) is 20.4. The number of hydrogen-bond donors (Lipinski definition) is 2. The third-order valence-electron chi connectivity index (χ3n) is 6.25. The van der Waals surface area contributed by atoms with E-state index in [-0.39, 0.29) is 43.1 Å². The minimum atomic E-state index is -0.228. The van der Waals surface area contributed by atoms with Gasteiger partial charge in [-0.2, -0.15) is 0 Å². The van der Waals surface area contributed by atoms with Crippen LogP contribution in [-0.4, -0.2) is 65.2 Å². The van der Waals surface area contributed by atoms with Gasteiger partial charge in [0.25, 0.3) is 0 Å². The van der Waals surface area contributed by atoms with Crippen LogP contribution in [0.1, 0.15) is 30.4 Å². The molecule has 4 rings (SSSR count). The van der Waals surface area contributed by atoms with E-state index in [1.165, 1.54) is 5.56 Å². The van der Waals surface area contributed by atoms with Crippen molar-refractivity contribution in [2.75, 3.05) is 26.2 Å². The van der Waals surface area contributed by atoms with E-state index in [1.807, 2.05) is 6.92 Å². The van der Waals surface area contributed by atoms with E-state index >= 15 is 0 Å². The third kappa shape index (κ3) is 3.67. The van der Waals surface area contributed by atoms with Crippen molar-refractivity contribution < 1.29 is 14.7 Å². The van der Waals surface area contributed by atoms with Gasteiger partial charge in [0.1, 0.15) is 6.54 Å². The molecular weight excluding hydrogens is 378 g/mol. The molecule has 30 heavy (non-hydrogen) atoms. The number of aliphatic hydroxyl groups excluding tert-OH is 1. The third-order valence-corrected chi connectivity index (χ3v) is 6.25. The van der Waals surface area contributed by atoms with Gasteiger partial charge in [0.2, 0.25) is 5.91 Å². The fourth-order valence-corrected chi connectivity index (χ4v) is 4.64. The molecule has 2 N–H and O–H groups in total. The van der Waals surface area contributed by atoms with Crippen LogP contribution in [0.4, 0.5) is 4.79 Å². The number of carbonyl (C=O) groups excluding carboxylic acids is 2. The zero-order valence-electron chi connectivity index (χ0n) is 17.5. The predicted octanol–water partition coefficient (Wildman–Crippen LogP) is 2.75. The van der Waals surface area contributed by atoms with Gasteiger partial charge in [0.05, 0.1) is 18.7 Å². The predicted molar refractivity (Wildman–Crippen MR) is 116 cm³/mol. The molecule has 0 aromatic heterocycles. The maximum atomic E-state index is 12.7. The van der Waals surface area contributed by atoms with Gasteiger partial charge >= 0.3 is 6.03 Å². The monoisotopic (exact) mass is 407 g/mol. The van der Waals surface area contributed by atoms with Crippen LogP contribution in [-0.2, 0) is 4.79 Å². The number of benzene rings is 2. The first-order valence-corrected chi connectivity index (χ1v) is 10.6. The molecule has 2 aliphatic rings. The summed E-state index contributed by atoms with van der Waals surface area (Å²) in [5.41, 5.74) is 4.61. The number of urea groups is 1. The van der Waals surface area contributed by atoms with Crippen molar-refractivity contribution in [1.82, 2.24) is 15.1 Å². The molecule has 158 valence electrons. The lowest BCUT2D eigenvalue weighted by Crippen LogP contribution is -2.73. The molecule has 3 atom stereocenters. The average Bonchev–Trinajstić information content (AvgIpc) is 2.74. The highest BCUT2D eigenvalue weighted by atomic mass is 16.3. The molecule has 2 heterocycles. The van der Waals surface area contributed by atoms with Gasteiger partial charge in [-0.15, -0.1) is 0 Å². The number of fused-ring (bicyclic) bond motifs is 1. The molecule has 6 heteroatoms. The second-order valence-corrected chi connectivity index (χ2v) is 8.24. The fraction of sp³-hybridized carbons (Fsp3) is 0.417. The molecule has 0 saturated carbocycles. The first-order valence-electron chi connectivity index (χ1n) is 10.6. The summed E-state index contributed by atoms with van der Waals surface area (Å²) in [6.07, 6.45) is 0.853. The summed E-state index contributed by atoms with van der Waals surface area (Å²) < 4.78 is 0. The molecule has 2 aliphatic heterocycles. The standard InChI is InChI=1S/C24H29N3O3/c1-3-12-25-24(30)26-13-20-23(21(15-28)27(20)22(29)14-26)19-10-8-18(9-11-19)17-6-4-16(2)5-7-17/h4-11,20-21,23,28H,3,12-15H2,1-2H3,(H,25,30)/t20-,21+,23+/m0/s1. The molecule has 0 bridgehead atoms. The maximum absolute atomic E-state index is 12.7. The van der Waals surface area contributed by atoms with E-state index < -0.39 is 0 Å². The Labute approximate surface area is 177 Å². The quantitative estimate of drug-likeness (QED) is 0.801. The van der Waals surface area contributed by atoms with Crippen molar-refractivity contribution >= 4 is 11.9 Å². The lowest BCUT2D eigenvalue weighted by molar-refractivity contribution is -0.159. The fourth-order valence-electron chi connectivity index (χ4n) is 4.64. The Kier molecular flexibility index (Phi) is 5.77. The highest BCUT2D eigenvalue weighted by Gasteiger charge is 2.54. The smallest absolute Gasteiger partial charge is 0.317 e. The number of aryl methyl sites for hydroxylation is 1. The van der Waals surface area contributed by atoms with Crippen LogP contribution in [0.25, 0.3) is 11.1 Å². The van der Waals surface area contributed by atoms with Crippen LogP contribution >= 0.6 is 0 Å². The molecule has 0 aliphatic carbocycles. The van der Waals surface area contributed by atoms with Crippen LogP contribution < -0.4 is 5.32 Å². The number of aliphatic hydroxyl groups is 1. The van der Waals surface area contributed by atoms with Crippen molar-refractivity contribution in [3.05, 3.63) is 59.7 Å². The molecule has 0 unspecified atom stereocenters. The second-order valence-electron chi connectivity index (χ2n) is 8.24. The van der Waals surface area contributed by atoms with Gasteiger partial charge in [-0.05, 0) is 30.0 Å². The Balaban J connectivity index is 1.53. The second kappa shape index (κ2) is 8.48. The Morgan fingerprint density at radius 3 is 2.33 bits per heavy atom. The summed E-state index contributed by atoms with van der Waals surface area (Å²) in [5.74, 6) is -0.0720. The summed E-state index contributed by atoms with van der Waals surface area (Å²) in [7, 11) is 0. The number of nitrogens with zero attached hydrogens (tertiary/aromatic N) is 2. The van der Waals surface area contributed by atoms with Gasteiger partial charge in [-0.25, -0.2) is 4.79 Å². The highest BCUT2D eigenvalue weighted by molar-refractivity contribution is 5.87. The molecule has 2 fully saturated rings. The number of amides is 3. The largest absolute Gasteiger partial charge is 0.394 e. The van der Waals surface area contributed by atoms with E-state index in [1.54, 1.807) is 9.80 Å². The van der Waals surface area contributed by atoms with Crippen molar-refractivity contribution in [1.29, 1.82) is 0 Å². The molecule has 0 spiro atoms. The van der Waals surface area contributed by atoms with Crippen LogP contribution in [0.2, 0.25) is 0 Å². The minimum absolute atomic E-state index is 0.0211. The maximum Gasteiger partial charge on any atom is 0.317 e. The zero-order valence-corrected chi connectivity index (χ0v) is 17.5. The summed E-state index contributed by atoms with van der Waals surface area (Å²) in [5, 5.41) is 12.8. The van der Waals surface area contributed by atoms with Crippen molar-refractivity contribution in [3.63, 3.8) is 0 Å². The van der Waals surface area contributed by atoms with E-state index in [4.69, 9.17) is 0 Å². The summed E-state index contributed by atoms with van der Waals surface area (Å²) in [6.45, 7) is 5.15. The summed E-state index contributed by atoms with van der Waals surface area (Å²) in [4.78, 5) is 28.4. The van der Waals surface area contributed by atoms with Gasteiger partial charge in [0, 0.05) is 19.0 Å². The van der Waals surface area contributed by atoms with Crippen LogP contribution in [0, 0.1) is 6.92 Å². The Hall–Kier alpha value is -2.86. The molecule has 2 saturated heterocycles. The van der Waals surface area contributed by atoms with E-state index in [9.17, 15) is 14.7 Å². The number of nitrogens with one attached hydrogen (secondary N) is 1. The van der Waals surface area contributed by atoms with E-state index in [0.29, 0.717) is 13.1 Å². The number of piperazine rings is 1. The first-order chi connectivity index (χ1) is 14.5. The normalized spacial score (nSPS) is 23.0. The minimum Gasteiger partial charge on any atom is -0.394 e. The van der Waals surface area contributed by atoms with Gasteiger partial charge in [-0.3, -0.25) is 4.79 Å². The molecule has 0 radical (unpaired) electrons. The van der Waals surface area contributed by atoms with Crippen LogP contribution in [0.3, 0.4) is 0 Å². The van der Waals surface area contributed by atoms with Crippen molar-refractivity contribution in [2.45, 2.75) is 38.3 Å². The highest BCUT2D eigenvalue weighted by Crippen LogP contribution is 2.43. The van der Waals surface area contributed by atoms with E-state index in [2.05, 4.69) is 60.8 Å². The lowest BCUT2D eigenvalue weighted by Gasteiger charge is -2.58. The van der Waals surface area contributed by atoms with Crippen LogP contribution in [0.15, 0.2) is 48.5 Å². The Bertz CT molecular complexity index is 910. The number of hydrogen-bond acceptors (Lipinski definition) is 3. The zero-order chi connectivity index (χ0) is 21.3. The number of rotatable bonds is 5. The molecule has 2 aromatic rings. The topological polar surface area (TPSA) is 72.9 Å². The van der Waals surface area contributed by atoms with Crippen LogP contribution in [0.5, 0.6) is 0 Å². The van der Waals surface area contributed by atoms with E-state index in [0.717, 1.165) is 23.1 Å². The van der Waals surface area contributed by atoms with Crippen molar-refractivity contribution in [3.8, 4) is 11.1 Å². The molecular formula is C24H29N3O3. The van der Waals surface area contributed by atoms with Gasteiger partial charge < -0.3 is 20.2 Å². The van der Waals surface area contributed by atoms with Crippen molar-refractivity contribution in [2.24, 2.45) is 0 Å².